The van der Waals surface area contributed by atoms with Crippen LogP contribution in [0.4, 0.5) is 0 Å². The Labute approximate surface area is 177 Å². The summed E-state index contributed by atoms with van der Waals surface area (Å²) in [4.78, 5) is 13.3. The smallest absolute Gasteiger partial charge is 0.230 e. The summed E-state index contributed by atoms with van der Waals surface area (Å²) in [6, 6.07) is 24.1. The Morgan fingerprint density at radius 3 is 2.45 bits per heavy atom. The number of nitrogens with one attached hydrogen (secondary N) is 1. The number of thiophene rings is 1. The number of aromatic nitrogens is 3. The van der Waals surface area contributed by atoms with Crippen LogP contribution in [0, 0.1) is 0 Å². The van der Waals surface area contributed by atoms with Gasteiger partial charge in [-0.3, -0.25) is 9.36 Å². The number of thioether (sulfide) groups is 1. The van der Waals surface area contributed by atoms with E-state index >= 15 is 0 Å². The molecule has 0 saturated carbocycles. The highest BCUT2D eigenvalue weighted by atomic mass is 32.2. The van der Waals surface area contributed by atoms with Gasteiger partial charge in [-0.25, -0.2) is 0 Å². The lowest BCUT2D eigenvalue weighted by molar-refractivity contribution is -0.118. The Kier molecular flexibility index (Phi) is 6.38. The van der Waals surface area contributed by atoms with Crippen molar-refractivity contribution in [1.29, 1.82) is 0 Å². The van der Waals surface area contributed by atoms with Crippen molar-refractivity contribution >= 4 is 29.0 Å². The molecule has 0 fully saturated rings. The van der Waals surface area contributed by atoms with Crippen molar-refractivity contribution < 1.29 is 4.79 Å². The fourth-order valence-corrected chi connectivity index (χ4v) is 4.39. The molecule has 0 saturated heterocycles. The molecule has 1 amide bonds. The molecule has 0 aliphatic carbocycles. The molecular formula is C22H20N4OS2. The van der Waals surface area contributed by atoms with E-state index in [1.807, 2.05) is 70.6 Å². The van der Waals surface area contributed by atoms with E-state index in [0.29, 0.717) is 17.5 Å². The van der Waals surface area contributed by atoms with Gasteiger partial charge in [-0.05, 0) is 35.6 Å². The number of benzene rings is 2. The van der Waals surface area contributed by atoms with Gasteiger partial charge in [-0.15, -0.1) is 21.5 Å². The van der Waals surface area contributed by atoms with E-state index in [2.05, 4.69) is 27.6 Å². The quantitative estimate of drug-likeness (QED) is 0.428. The van der Waals surface area contributed by atoms with E-state index in [1.54, 1.807) is 11.3 Å². The van der Waals surface area contributed by atoms with Crippen LogP contribution < -0.4 is 5.32 Å². The molecule has 0 aliphatic rings. The van der Waals surface area contributed by atoms with Gasteiger partial charge in [0.2, 0.25) is 5.91 Å². The number of carbonyl (C=O) groups is 1. The molecule has 0 spiro atoms. The standard InChI is InChI=1S/C22H20N4OS2/c27-20(23-14-13-17-8-3-1-4-9-17)16-29-22-25-24-21(19-12-7-15-28-19)26(22)18-10-5-2-6-11-18/h1-12,15H,13-14,16H2,(H,23,27). The fourth-order valence-electron chi connectivity index (χ4n) is 2.91. The van der Waals surface area contributed by atoms with Crippen molar-refractivity contribution in [3.8, 4) is 16.4 Å². The summed E-state index contributed by atoms with van der Waals surface area (Å²) in [6.07, 6.45) is 0.819. The lowest BCUT2D eigenvalue weighted by atomic mass is 10.1. The highest BCUT2D eigenvalue weighted by Gasteiger charge is 2.17. The van der Waals surface area contributed by atoms with Crippen LogP contribution in [0.5, 0.6) is 0 Å². The summed E-state index contributed by atoms with van der Waals surface area (Å²) in [5.74, 6) is 1.08. The van der Waals surface area contributed by atoms with E-state index in [9.17, 15) is 4.79 Å². The lowest BCUT2D eigenvalue weighted by Crippen LogP contribution is -2.27. The first kappa shape index (κ1) is 19.4. The molecule has 4 rings (SSSR count). The minimum Gasteiger partial charge on any atom is -0.355 e. The maximum Gasteiger partial charge on any atom is 0.230 e. The summed E-state index contributed by atoms with van der Waals surface area (Å²) < 4.78 is 2.01. The first-order chi connectivity index (χ1) is 14.3. The number of hydrogen-bond donors (Lipinski definition) is 1. The summed E-state index contributed by atoms with van der Waals surface area (Å²) in [6.45, 7) is 0.620. The molecule has 0 bridgehead atoms. The second-order valence-corrected chi connectivity index (χ2v) is 8.22. The van der Waals surface area contributed by atoms with Crippen LogP contribution >= 0.6 is 23.1 Å². The Morgan fingerprint density at radius 2 is 1.72 bits per heavy atom. The fraction of sp³-hybridized carbons (Fsp3) is 0.136. The van der Waals surface area contributed by atoms with Crippen LogP contribution in [0.2, 0.25) is 0 Å². The summed E-state index contributed by atoms with van der Waals surface area (Å²) >= 11 is 3.02. The predicted molar refractivity (Wildman–Crippen MR) is 119 cm³/mol. The molecule has 5 nitrogen and oxygen atoms in total. The minimum atomic E-state index is -0.00813. The normalized spacial score (nSPS) is 10.8. The number of para-hydroxylation sites is 1. The van der Waals surface area contributed by atoms with Crippen molar-refractivity contribution in [2.24, 2.45) is 0 Å². The van der Waals surface area contributed by atoms with Crippen LogP contribution in [0.3, 0.4) is 0 Å². The van der Waals surface area contributed by atoms with Crippen molar-refractivity contribution in [2.75, 3.05) is 12.3 Å². The van der Waals surface area contributed by atoms with Crippen molar-refractivity contribution in [1.82, 2.24) is 20.1 Å². The van der Waals surface area contributed by atoms with Gasteiger partial charge in [0.15, 0.2) is 11.0 Å². The molecule has 146 valence electrons. The van der Waals surface area contributed by atoms with Gasteiger partial charge >= 0.3 is 0 Å². The molecule has 4 aromatic rings. The number of hydrogen-bond acceptors (Lipinski definition) is 5. The third-order valence-corrected chi connectivity index (χ3v) is 6.10. The van der Waals surface area contributed by atoms with Gasteiger partial charge in [-0.2, -0.15) is 0 Å². The SMILES string of the molecule is O=C(CSc1nnc(-c2cccs2)n1-c1ccccc1)NCCc1ccccc1. The Balaban J connectivity index is 1.43. The molecule has 7 heteroatoms. The van der Waals surface area contributed by atoms with Gasteiger partial charge in [-0.1, -0.05) is 66.4 Å². The van der Waals surface area contributed by atoms with E-state index in [0.717, 1.165) is 22.8 Å². The van der Waals surface area contributed by atoms with E-state index in [1.165, 1.54) is 17.3 Å². The van der Waals surface area contributed by atoms with Gasteiger partial charge in [0, 0.05) is 12.2 Å². The molecule has 2 aromatic heterocycles. The van der Waals surface area contributed by atoms with Crippen molar-refractivity contribution in [3.63, 3.8) is 0 Å². The van der Waals surface area contributed by atoms with Gasteiger partial charge in [0.1, 0.15) is 0 Å². The number of carbonyl (C=O) groups excluding carboxylic acids is 1. The highest BCUT2D eigenvalue weighted by molar-refractivity contribution is 7.99. The van der Waals surface area contributed by atoms with Gasteiger partial charge in [0.05, 0.1) is 10.6 Å². The molecular weight excluding hydrogens is 400 g/mol. The van der Waals surface area contributed by atoms with Crippen molar-refractivity contribution in [3.05, 3.63) is 83.7 Å². The second kappa shape index (κ2) is 9.54. The second-order valence-electron chi connectivity index (χ2n) is 6.33. The average Bonchev–Trinajstić information content (AvgIpc) is 3.43. The first-order valence-corrected chi connectivity index (χ1v) is 11.2. The zero-order valence-electron chi connectivity index (χ0n) is 15.7. The first-order valence-electron chi connectivity index (χ1n) is 9.29. The summed E-state index contributed by atoms with van der Waals surface area (Å²) in [5.41, 5.74) is 2.19. The van der Waals surface area contributed by atoms with Crippen LogP contribution in [-0.2, 0) is 11.2 Å². The van der Waals surface area contributed by atoms with Crippen LogP contribution in [0.15, 0.2) is 83.3 Å². The van der Waals surface area contributed by atoms with Crippen molar-refractivity contribution in [2.45, 2.75) is 11.6 Å². The van der Waals surface area contributed by atoms with Gasteiger partial charge < -0.3 is 5.32 Å². The lowest BCUT2D eigenvalue weighted by Gasteiger charge is -2.09. The summed E-state index contributed by atoms with van der Waals surface area (Å²) in [7, 11) is 0. The largest absolute Gasteiger partial charge is 0.355 e. The van der Waals surface area contributed by atoms with Crippen LogP contribution in [0.25, 0.3) is 16.4 Å². The molecule has 29 heavy (non-hydrogen) atoms. The third-order valence-electron chi connectivity index (χ3n) is 4.30. The zero-order chi connectivity index (χ0) is 19.9. The van der Waals surface area contributed by atoms with Gasteiger partial charge in [0.25, 0.3) is 0 Å². The third kappa shape index (κ3) is 4.93. The molecule has 0 radical (unpaired) electrons. The molecule has 0 aliphatic heterocycles. The Hall–Kier alpha value is -2.90. The Morgan fingerprint density at radius 1 is 0.966 bits per heavy atom. The van der Waals surface area contributed by atoms with E-state index in [4.69, 9.17) is 0 Å². The monoisotopic (exact) mass is 420 g/mol. The molecule has 0 unspecified atom stereocenters. The predicted octanol–water partition coefficient (Wildman–Crippen LogP) is 4.45. The van der Waals surface area contributed by atoms with E-state index < -0.39 is 0 Å². The number of rotatable bonds is 8. The number of amides is 1. The molecule has 1 N–H and O–H groups in total. The topological polar surface area (TPSA) is 59.8 Å². The summed E-state index contributed by atoms with van der Waals surface area (Å²) in [5, 5.41) is 14.4. The maximum atomic E-state index is 12.3. The van der Waals surface area contributed by atoms with E-state index in [-0.39, 0.29) is 5.91 Å². The van der Waals surface area contributed by atoms with Crippen LogP contribution in [0.1, 0.15) is 5.56 Å². The maximum absolute atomic E-state index is 12.3. The molecule has 0 atom stereocenters. The zero-order valence-corrected chi connectivity index (χ0v) is 17.3. The van der Waals surface area contributed by atoms with Crippen LogP contribution in [-0.4, -0.2) is 33.0 Å². The highest BCUT2D eigenvalue weighted by Crippen LogP contribution is 2.30. The molecule has 2 aromatic carbocycles. The average molecular weight is 421 g/mol. The Bertz CT molecular complexity index is 1050. The minimum absolute atomic E-state index is 0.00813. The molecule has 2 heterocycles. The number of nitrogens with zero attached hydrogens (tertiary/aromatic N) is 3.